The number of imide groups is 1. The van der Waals surface area contributed by atoms with Gasteiger partial charge in [0.05, 0.1) is 11.1 Å². The lowest BCUT2D eigenvalue weighted by molar-refractivity contribution is -0.121. The van der Waals surface area contributed by atoms with Crippen LogP contribution in [-0.4, -0.2) is 28.7 Å². The van der Waals surface area contributed by atoms with Crippen molar-refractivity contribution >= 4 is 23.4 Å². The molecule has 1 atom stereocenters. The van der Waals surface area contributed by atoms with E-state index in [2.05, 4.69) is 5.32 Å². The summed E-state index contributed by atoms with van der Waals surface area (Å²) in [7, 11) is 0. The molecule has 0 aromatic heterocycles. The van der Waals surface area contributed by atoms with Gasteiger partial charge in [-0.15, -0.1) is 0 Å². The average Bonchev–Trinajstić information content (AvgIpc) is 3.20. The van der Waals surface area contributed by atoms with Crippen molar-refractivity contribution in [3.63, 3.8) is 0 Å². The van der Waals surface area contributed by atoms with Crippen LogP contribution >= 0.6 is 0 Å². The largest absolute Gasteiger partial charge is 0.324 e. The van der Waals surface area contributed by atoms with Crippen LogP contribution in [0.15, 0.2) is 42.5 Å². The summed E-state index contributed by atoms with van der Waals surface area (Å²) >= 11 is 0. The molecule has 2 aromatic rings. The van der Waals surface area contributed by atoms with E-state index in [1.165, 1.54) is 11.1 Å². The monoisotopic (exact) mass is 362 g/mol. The van der Waals surface area contributed by atoms with Crippen molar-refractivity contribution in [2.75, 3.05) is 5.32 Å². The molecule has 1 aliphatic carbocycles. The topological polar surface area (TPSA) is 66.5 Å². The molecule has 3 amide bonds. The van der Waals surface area contributed by atoms with Crippen LogP contribution < -0.4 is 5.32 Å². The highest BCUT2D eigenvalue weighted by atomic mass is 16.2. The van der Waals surface area contributed by atoms with E-state index in [0.717, 1.165) is 24.2 Å². The molecule has 2 aromatic carbocycles. The number of carbonyl (C=O) groups excluding carboxylic acids is 3. The number of benzene rings is 2. The van der Waals surface area contributed by atoms with Crippen molar-refractivity contribution in [2.24, 2.45) is 5.92 Å². The van der Waals surface area contributed by atoms with Crippen LogP contribution in [0.5, 0.6) is 0 Å². The molecule has 2 aliphatic rings. The number of fused-ring (bicyclic) bond motifs is 2. The van der Waals surface area contributed by atoms with Gasteiger partial charge < -0.3 is 5.32 Å². The minimum absolute atomic E-state index is 0.207. The minimum atomic E-state index is -0.856. The molecule has 0 saturated carbocycles. The summed E-state index contributed by atoms with van der Waals surface area (Å²) in [5.74, 6) is -1.35. The Morgan fingerprint density at radius 3 is 2.22 bits per heavy atom. The molecule has 27 heavy (non-hydrogen) atoms. The maximum atomic E-state index is 13.0. The number of carbonyl (C=O) groups is 3. The Morgan fingerprint density at radius 2 is 1.59 bits per heavy atom. The Labute approximate surface area is 158 Å². The number of nitrogens with one attached hydrogen (secondary N) is 1. The molecule has 1 heterocycles. The second-order valence-corrected chi connectivity index (χ2v) is 7.54. The smallest absolute Gasteiger partial charge is 0.262 e. The molecule has 138 valence electrons. The second kappa shape index (κ2) is 6.65. The van der Waals surface area contributed by atoms with Gasteiger partial charge in [0.25, 0.3) is 11.8 Å². The van der Waals surface area contributed by atoms with Crippen LogP contribution in [0.25, 0.3) is 0 Å². The summed E-state index contributed by atoms with van der Waals surface area (Å²) < 4.78 is 0. The molecule has 0 saturated heterocycles. The first-order valence-corrected chi connectivity index (χ1v) is 9.37. The highest BCUT2D eigenvalue weighted by molar-refractivity contribution is 6.23. The Kier molecular flexibility index (Phi) is 4.30. The zero-order chi connectivity index (χ0) is 19.1. The van der Waals surface area contributed by atoms with E-state index in [0.29, 0.717) is 16.8 Å². The van der Waals surface area contributed by atoms with Crippen molar-refractivity contribution in [3.05, 3.63) is 64.7 Å². The zero-order valence-electron chi connectivity index (χ0n) is 15.5. The summed E-state index contributed by atoms with van der Waals surface area (Å²) in [6.45, 7) is 3.69. The van der Waals surface area contributed by atoms with E-state index in [1.807, 2.05) is 32.0 Å². The van der Waals surface area contributed by atoms with Crippen molar-refractivity contribution in [3.8, 4) is 0 Å². The molecule has 5 nitrogen and oxygen atoms in total. The fourth-order valence-corrected chi connectivity index (χ4v) is 4.04. The molecular formula is C22H22N2O3. The summed E-state index contributed by atoms with van der Waals surface area (Å²) in [4.78, 5) is 39.7. The van der Waals surface area contributed by atoms with Gasteiger partial charge in [-0.25, -0.2) is 0 Å². The highest BCUT2D eigenvalue weighted by Gasteiger charge is 2.43. The van der Waals surface area contributed by atoms with Gasteiger partial charge in [-0.05, 0) is 60.6 Å². The number of nitrogens with zero attached hydrogens (tertiary/aromatic N) is 1. The van der Waals surface area contributed by atoms with E-state index in [1.54, 1.807) is 24.3 Å². The third-order valence-corrected chi connectivity index (χ3v) is 5.37. The first-order chi connectivity index (χ1) is 13.0. The van der Waals surface area contributed by atoms with Crippen molar-refractivity contribution in [2.45, 2.75) is 39.2 Å². The molecule has 0 radical (unpaired) electrons. The lowest BCUT2D eigenvalue weighted by Crippen LogP contribution is -2.50. The van der Waals surface area contributed by atoms with E-state index in [-0.39, 0.29) is 11.8 Å². The normalized spacial score (nSPS) is 16.5. The van der Waals surface area contributed by atoms with Gasteiger partial charge in [-0.1, -0.05) is 32.0 Å². The Morgan fingerprint density at radius 1 is 0.963 bits per heavy atom. The quantitative estimate of drug-likeness (QED) is 0.848. The third kappa shape index (κ3) is 2.93. The fourth-order valence-electron chi connectivity index (χ4n) is 4.04. The van der Waals surface area contributed by atoms with Gasteiger partial charge in [-0.3, -0.25) is 19.3 Å². The standard InChI is InChI=1S/C22H22N2O3/c1-13(2)19(24-21(26)17-8-3-4-9-18(17)22(24)27)20(25)23-16-11-10-14-6-5-7-15(14)12-16/h3-4,8-13,19H,5-7H2,1-2H3,(H,23,25). The Hall–Kier alpha value is -2.95. The maximum absolute atomic E-state index is 13.0. The maximum Gasteiger partial charge on any atom is 0.262 e. The summed E-state index contributed by atoms with van der Waals surface area (Å²) in [5, 5.41) is 2.91. The van der Waals surface area contributed by atoms with Crippen molar-refractivity contribution in [1.82, 2.24) is 4.90 Å². The molecule has 4 rings (SSSR count). The van der Waals surface area contributed by atoms with Crippen LogP contribution in [0.1, 0.15) is 52.1 Å². The number of hydrogen-bond acceptors (Lipinski definition) is 3. The lowest BCUT2D eigenvalue weighted by atomic mass is 10.0. The molecule has 5 heteroatoms. The minimum Gasteiger partial charge on any atom is -0.324 e. The van der Waals surface area contributed by atoms with Gasteiger partial charge in [0.2, 0.25) is 5.91 Å². The van der Waals surface area contributed by atoms with Gasteiger partial charge >= 0.3 is 0 Å². The third-order valence-electron chi connectivity index (χ3n) is 5.37. The predicted octanol–water partition coefficient (Wildman–Crippen LogP) is 3.43. The van der Waals surface area contributed by atoms with E-state index < -0.39 is 17.9 Å². The number of hydrogen-bond donors (Lipinski definition) is 1. The average molecular weight is 362 g/mol. The SMILES string of the molecule is CC(C)C(C(=O)Nc1ccc2c(c1)CCC2)N1C(=O)c2ccccc2C1=O. The van der Waals surface area contributed by atoms with Gasteiger partial charge in [-0.2, -0.15) is 0 Å². The highest BCUT2D eigenvalue weighted by Crippen LogP contribution is 2.29. The van der Waals surface area contributed by atoms with Gasteiger partial charge in [0, 0.05) is 5.69 Å². The van der Waals surface area contributed by atoms with Crippen LogP contribution in [0.3, 0.4) is 0 Å². The van der Waals surface area contributed by atoms with Crippen molar-refractivity contribution < 1.29 is 14.4 Å². The zero-order valence-corrected chi connectivity index (χ0v) is 15.5. The fraction of sp³-hybridized carbons (Fsp3) is 0.318. The molecule has 0 spiro atoms. The van der Waals surface area contributed by atoms with Gasteiger partial charge in [0.1, 0.15) is 6.04 Å². The number of anilines is 1. The molecule has 0 bridgehead atoms. The van der Waals surface area contributed by atoms with Gasteiger partial charge in [0.15, 0.2) is 0 Å². The Bertz CT molecular complexity index is 913. The first kappa shape index (κ1) is 17.5. The van der Waals surface area contributed by atoms with Crippen LogP contribution in [-0.2, 0) is 17.6 Å². The molecule has 0 fully saturated rings. The predicted molar refractivity (Wildman–Crippen MR) is 103 cm³/mol. The van der Waals surface area contributed by atoms with E-state index in [4.69, 9.17) is 0 Å². The van der Waals surface area contributed by atoms with E-state index in [9.17, 15) is 14.4 Å². The second-order valence-electron chi connectivity index (χ2n) is 7.54. The van der Waals surface area contributed by atoms with Crippen LogP contribution in [0, 0.1) is 5.92 Å². The van der Waals surface area contributed by atoms with Crippen LogP contribution in [0.2, 0.25) is 0 Å². The summed E-state index contributed by atoms with van der Waals surface area (Å²) in [6.07, 6.45) is 3.23. The summed E-state index contributed by atoms with van der Waals surface area (Å²) in [6, 6.07) is 11.8. The van der Waals surface area contributed by atoms with Crippen LogP contribution in [0.4, 0.5) is 5.69 Å². The Balaban J connectivity index is 1.61. The van der Waals surface area contributed by atoms with Crippen molar-refractivity contribution in [1.29, 1.82) is 0 Å². The first-order valence-electron chi connectivity index (χ1n) is 9.37. The lowest BCUT2D eigenvalue weighted by Gasteiger charge is -2.28. The molecule has 1 aliphatic heterocycles. The molecular weight excluding hydrogens is 340 g/mol. The number of aryl methyl sites for hydroxylation is 2. The summed E-state index contributed by atoms with van der Waals surface area (Å²) in [5.41, 5.74) is 4.02. The number of amides is 3. The molecule has 1 N–H and O–H groups in total. The van der Waals surface area contributed by atoms with E-state index >= 15 is 0 Å². The number of rotatable bonds is 4. The molecule has 1 unspecified atom stereocenters.